The maximum atomic E-state index is 12.3. The Kier molecular flexibility index (Phi) is 4.24. The second-order valence-electron chi connectivity index (χ2n) is 5.14. The molecule has 0 spiro atoms. The number of nitrogens with one attached hydrogen (secondary N) is 2. The van der Waals surface area contributed by atoms with Crippen molar-refractivity contribution in [2.45, 2.75) is 31.0 Å². The number of aliphatic hydroxyl groups is 1. The van der Waals surface area contributed by atoms with Crippen LogP contribution in [0, 0.1) is 5.92 Å². The van der Waals surface area contributed by atoms with Gasteiger partial charge in [-0.05, 0) is 25.9 Å². The highest BCUT2D eigenvalue weighted by molar-refractivity contribution is 7.89. The van der Waals surface area contributed by atoms with Crippen molar-refractivity contribution in [1.29, 1.82) is 0 Å². The van der Waals surface area contributed by atoms with Crippen LogP contribution in [0.4, 0.5) is 0 Å². The van der Waals surface area contributed by atoms with Crippen molar-refractivity contribution in [3.05, 3.63) is 11.8 Å². The molecule has 3 N–H and O–H groups in total. The van der Waals surface area contributed by atoms with Gasteiger partial charge in [-0.15, -0.1) is 0 Å². The van der Waals surface area contributed by atoms with Gasteiger partial charge in [0.05, 0.1) is 12.8 Å². The molecule has 1 fully saturated rings. The Morgan fingerprint density at radius 2 is 2.37 bits per heavy atom. The first-order valence-electron chi connectivity index (χ1n) is 6.28. The van der Waals surface area contributed by atoms with E-state index in [9.17, 15) is 8.42 Å². The number of likely N-dealkylation sites (tertiary alicyclic amines) is 1. The van der Waals surface area contributed by atoms with Crippen LogP contribution in [0.2, 0.25) is 0 Å². The van der Waals surface area contributed by atoms with Gasteiger partial charge in [-0.1, -0.05) is 6.92 Å². The highest BCUT2D eigenvalue weighted by atomic mass is 32.2. The number of nitrogens with zero attached hydrogens (tertiary/aromatic N) is 2. The molecule has 0 bridgehead atoms. The van der Waals surface area contributed by atoms with Gasteiger partial charge in [0.25, 0.3) is 10.0 Å². The molecular formula is C11H20N4O3S. The molecule has 1 aromatic heterocycles. The maximum absolute atomic E-state index is 12.3. The van der Waals surface area contributed by atoms with Crippen molar-refractivity contribution in [2.24, 2.45) is 5.92 Å². The molecule has 108 valence electrons. The number of aromatic nitrogens is 2. The lowest BCUT2D eigenvalue weighted by atomic mass is 9.95. The average Bonchev–Trinajstić information content (AvgIpc) is 2.82. The Bertz CT molecular complexity index is 528. The van der Waals surface area contributed by atoms with Gasteiger partial charge in [0.15, 0.2) is 5.03 Å². The van der Waals surface area contributed by atoms with Gasteiger partial charge in [0.1, 0.15) is 0 Å². The summed E-state index contributed by atoms with van der Waals surface area (Å²) >= 11 is 0. The van der Waals surface area contributed by atoms with Crippen LogP contribution in [-0.4, -0.2) is 54.8 Å². The third kappa shape index (κ3) is 3.14. The minimum atomic E-state index is -3.66. The minimum Gasteiger partial charge on any atom is -0.392 e. The first kappa shape index (κ1) is 14.4. The Balaban J connectivity index is 2.14. The van der Waals surface area contributed by atoms with E-state index in [0.717, 1.165) is 19.5 Å². The number of hydrogen-bond acceptors (Lipinski definition) is 5. The molecule has 2 rings (SSSR count). The standard InChI is InChI=1S/C11H20N4O3S/c1-8-6-15(2)4-3-10(8)14-19(17,18)11-9(7-16)5-12-13-11/h5,8,10,14,16H,3-4,6-7H2,1-2H3,(H,12,13). The zero-order valence-corrected chi connectivity index (χ0v) is 11.9. The zero-order chi connectivity index (χ0) is 14.0. The number of rotatable bonds is 4. The van der Waals surface area contributed by atoms with E-state index in [1.54, 1.807) is 0 Å². The second-order valence-corrected chi connectivity index (χ2v) is 6.79. The predicted molar refractivity (Wildman–Crippen MR) is 69.9 cm³/mol. The van der Waals surface area contributed by atoms with E-state index in [4.69, 9.17) is 5.11 Å². The molecule has 0 radical (unpaired) electrons. The number of H-pyrrole nitrogens is 1. The van der Waals surface area contributed by atoms with E-state index in [2.05, 4.69) is 19.8 Å². The molecule has 0 amide bonds. The molecule has 0 aromatic carbocycles. The normalized spacial score (nSPS) is 25.6. The summed E-state index contributed by atoms with van der Waals surface area (Å²) in [5.74, 6) is 0.244. The summed E-state index contributed by atoms with van der Waals surface area (Å²) in [4.78, 5) is 2.19. The van der Waals surface area contributed by atoms with E-state index in [1.807, 2.05) is 14.0 Å². The van der Waals surface area contributed by atoms with Gasteiger partial charge in [-0.3, -0.25) is 5.10 Å². The third-order valence-corrected chi connectivity index (χ3v) is 5.04. The van der Waals surface area contributed by atoms with E-state index >= 15 is 0 Å². The number of aromatic amines is 1. The van der Waals surface area contributed by atoms with Crippen LogP contribution in [0.15, 0.2) is 11.2 Å². The number of sulfonamides is 1. The lowest BCUT2D eigenvalue weighted by molar-refractivity contribution is 0.188. The average molecular weight is 288 g/mol. The number of aliphatic hydroxyl groups excluding tert-OH is 1. The Labute approximate surface area is 113 Å². The molecular weight excluding hydrogens is 268 g/mol. The molecule has 19 heavy (non-hydrogen) atoms. The lowest BCUT2D eigenvalue weighted by Crippen LogP contribution is -2.48. The predicted octanol–water partition coefficient (Wildman–Crippen LogP) is -0.479. The first-order valence-corrected chi connectivity index (χ1v) is 7.76. The van der Waals surface area contributed by atoms with E-state index in [-0.39, 0.29) is 29.2 Å². The van der Waals surface area contributed by atoms with Gasteiger partial charge in [-0.2, -0.15) is 5.10 Å². The van der Waals surface area contributed by atoms with Crippen LogP contribution in [0.3, 0.4) is 0 Å². The van der Waals surface area contributed by atoms with Crippen LogP contribution in [0.5, 0.6) is 0 Å². The zero-order valence-electron chi connectivity index (χ0n) is 11.1. The van der Waals surface area contributed by atoms with Crippen LogP contribution >= 0.6 is 0 Å². The molecule has 1 aliphatic rings. The Morgan fingerprint density at radius 1 is 1.63 bits per heavy atom. The quantitative estimate of drug-likeness (QED) is 0.695. The molecule has 1 saturated heterocycles. The summed E-state index contributed by atoms with van der Waals surface area (Å²) in [6.45, 7) is 3.41. The molecule has 1 aromatic rings. The fraction of sp³-hybridized carbons (Fsp3) is 0.727. The summed E-state index contributed by atoms with van der Waals surface area (Å²) < 4.78 is 27.2. The SMILES string of the molecule is CC1CN(C)CCC1NS(=O)(=O)c1[nH]ncc1CO. The highest BCUT2D eigenvalue weighted by Gasteiger charge is 2.30. The van der Waals surface area contributed by atoms with Crippen LogP contribution in [0.1, 0.15) is 18.9 Å². The van der Waals surface area contributed by atoms with Crippen molar-refractivity contribution in [1.82, 2.24) is 19.8 Å². The van der Waals surface area contributed by atoms with Crippen LogP contribution in [0.25, 0.3) is 0 Å². The third-order valence-electron chi connectivity index (χ3n) is 3.53. The van der Waals surface area contributed by atoms with Gasteiger partial charge < -0.3 is 10.0 Å². The smallest absolute Gasteiger partial charge is 0.258 e. The van der Waals surface area contributed by atoms with Gasteiger partial charge >= 0.3 is 0 Å². The maximum Gasteiger partial charge on any atom is 0.258 e. The fourth-order valence-corrected chi connectivity index (χ4v) is 3.93. The molecule has 2 unspecified atom stereocenters. The van der Waals surface area contributed by atoms with E-state index in [0.29, 0.717) is 0 Å². The number of piperidine rings is 1. The second kappa shape index (κ2) is 5.58. The Hall–Kier alpha value is -0.960. The molecule has 7 nitrogen and oxygen atoms in total. The molecule has 1 aliphatic heterocycles. The van der Waals surface area contributed by atoms with Crippen molar-refractivity contribution in [2.75, 3.05) is 20.1 Å². The monoisotopic (exact) mass is 288 g/mol. The summed E-state index contributed by atoms with van der Waals surface area (Å²) in [5.41, 5.74) is 0.285. The lowest BCUT2D eigenvalue weighted by Gasteiger charge is -2.34. The molecule has 0 saturated carbocycles. The van der Waals surface area contributed by atoms with Crippen molar-refractivity contribution >= 4 is 10.0 Å². The number of hydrogen-bond donors (Lipinski definition) is 3. The fourth-order valence-electron chi connectivity index (χ4n) is 2.43. The highest BCUT2D eigenvalue weighted by Crippen LogP contribution is 2.19. The van der Waals surface area contributed by atoms with Gasteiger partial charge in [-0.25, -0.2) is 13.1 Å². The largest absolute Gasteiger partial charge is 0.392 e. The van der Waals surface area contributed by atoms with Gasteiger partial charge in [0.2, 0.25) is 0 Å². The van der Waals surface area contributed by atoms with E-state index in [1.165, 1.54) is 6.20 Å². The first-order chi connectivity index (χ1) is 8.94. The summed E-state index contributed by atoms with van der Waals surface area (Å²) in [6.07, 6.45) is 2.10. The summed E-state index contributed by atoms with van der Waals surface area (Å²) in [5, 5.41) is 15.2. The molecule has 2 heterocycles. The molecule has 2 atom stereocenters. The van der Waals surface area contributed by atoms with Crippen molar-refractivity contribution < 1.29 is 13.5 Å². The van der Waals surface area contributed by atoms with Crippen LogP contribution in [-0.2, 0) is 16.6 Å². The molecule has 8 heteroatoms. The van der Waals surface area contributed by atoms with E-state index < -0.39 is 10.0 Å². The van der Waals surface area contributed by atoms with Crippen molar-refractivity contribution in [3.8, 4) is 0 Å². The molecule has 0 aliphatic carbocycles. The minimum absolute atomic E-state index is 0.0406. The summed E-state index contributed by atoms with van der Waals surface area (Å²) in [7, 11) is -1.63. The Morgan fingerprint density at radius 3 is 3.00 bits per heavy atom. The summed E-state index contributed by atoms with van der Waals surface area (Å²) in [6, 6.07) is -0.0870. The van der Waals surface area contributed by atoms with Crippen LogP contribution < -0.4 is 4.72 Å². The topological polar surface area (TPSA) is 98.3 Å². The van der Waals surface area contributed by atoms with Crippen molar-refractivity contribution in [3.63, 3.8) is 0 Å². The van der Waals surface area contributed by atoms with Gasteiger partial charge in [0, 0.05) is 18.2 Å².